The van der Waals surface area contributed by atoms with Crippen LogP contribution < -0.4 is 16.2 Å². The minimum atomic E-state index is -0.144. The highest BCUT2D eigenvalue weighted by molar-refractivity contribution is 5.45. The number of aromatic nitrogens is 2. The molecular weight excluding hydrogens is 240 g/mol. The maximum atomic E-state index is 11.5. The van der Waals surface area contributed by atoms with Gasteiger partial charge < -0.3 is 15.6 Å². The summed E-state index contributed by atoms with van der Waals surface area (Å²) in [5.74, 6) is 1.25. The first-order chi connectivity index (χ1) is 8.97. The highest BCUT2D eigenvalue weighted by Gasteiger charge is 2.14. The van der Waals surface area contributed by atoms with Gasteiger partial charge in [-0.2, -0.15) is 0 Å². The van der Waals surface area contributed by atoms with E-state index in [-0.39, 0.29) is 11.6 Å². The number of nitrogens with two attached hydrogens (primary N) is 1. The smallest absolute Gasteiger partial charge is 0.252 e. The molecule has 1 aromatic carbocycles. The molecule has 1 aromatic heterocycles. The van der Waals surface area contributed by atoms with Gasteiger partial charge >= 0.3 is 0 Å². The highest BCUT2D eigenvalue weighted by Crippen LogP contribution is 2.24. The van der Waals surface area contributed by atoms with E-state index in [1.165, 1.54) is 6.07 Å². The van der Waals surface area contributed by atoms with Crippen LogP contribution in [0.4, 0.5) is 11.5 Å². The van der Waals surface area contributed by atoms with Crippen molar-refractivity contribution in [1.82, 2.24) is 9.97 Å². The van der Waals surface area contributed by atoms with Crippen LogP contribution in [0.3, 0.4) is 0 Å². The highest BCUT2D eigenvalue weighted by atomic mass is 16.1. The zero-order valence-corrected chi connectivity index (χ0v) is 11.3. The molecule has 5 heteroatoms. The van der Waals surface area contributed by atoms with Gasteiger partial charge in [0.15, 0.2) is 0 Å². The lowest BCUT2D eigenvalue weighted by molar-refractivity contribution is 0.723. The predicted octanol–water partition coefficient (Wildman–Crippen LogP) is 1.86. The van der Waals surface area contributed by atoms with Crippen LogP contribution in [0.25, 0.3) is 0 Å². The summed E-state index contributed by atoms with van der Waals surface area (Å²) in [5.41, 5.74) is 7.46. The Morgan fingerprint density at radius 2 is 2.11 bits per heavy atom. The molecule has 0 saturated heterocycles. The van der Waals surface area contributed by atoms with Crippen molar-refractivity contribution in [3.8, 4) is 0 Å². The SMILES string of the molecule is Cc1nc(N(C)C(C)c2cccc(N)c2)cc(=O)[nH]1. The van der Waals surface area contributed by atoms with Gasteiger partial charge in [0.2, 0.25) is 0 Å². The molecule has 100 valence electrons. The molecular formula is C14H18N4O. The van der Waals surface area contributed by atoms with Crippen molar-refractivity contribution in [3.63, 3.8) is 0 Å². The van der Waals surface area contributed by atoms with Gasteiger partial charge in [-0.3, -0.25) is 4.79 Å². The molecule has 19 heavy (non-hydrogen) atoms. The quantitative estimate of drug-likeness (QED) is 0.824. The summed E-state index contributed by atoms with van der Waals surface area (Å²) in [4.78, 5) is 20.4. The molecule has 0 aliphatic rings. The van der Waals surface area contributed by atoms with Crippen molar-refractivity contribution in [2.75, 3.05) is 17.7 Å². The second-order valence-corrected chi connectivity index (χ2v) is 4.65. The lowest BCUT2D eigenvalue weighted by atomic mass is 10.1. The Bertz CT molecular complexity index is 635. The van der Waals surface area contributed by atoms with Crippen molar-refractivity contribution >= 4 is 11.5 Å². The van der Waals surface area contributed by atoms with Crippen molar-refractivity contribution < 1.29 is 0 Å². The van der Waals surface area contributed by atoms with Gasteiger partial charge in [-0.1, -0.05) is 12.1 Å². The van der Waals surface area contributed by atoms with E-state index in [4.69, 9.17) is 5.73 Å². The van der Waals surface area contributed by atoms with E-state index < -0.39 is 0 Å². The Morgan fingerprint density at radius 1 is 1.37 bits per heavy atom. The number of rotatable bonds is 3. The summed E-state index contributed by atoms with van der Waals surface area (Å²) in [6.07, 6.45) is 0. The fourth-order valence-corrected chi connectivity index (χ4v) is 1.99. The Balaban J connectivity index is 2.33. The fraction of sp³-hybridized carbons (Fsp3) is 0.286. The Kier molecular flexibility index (Phi) is 3.55. The summed E-state index contributed by atoms with van der Waals surface area (Å²) in [6, 6.07) is 9.29. The summed E-state index contributed by atoms with van der Waals surface area (Å²) < 4.78 is 0. The molecule has 2 aromatic rings. The van der Waals surface area contributed by atoms with Crippen molar-refractivity contribution in [2.45, 2.75) is 19.9 Å². The van der Waals surface area contributed by atoms with Gasteiger partial charge in [0, 0.05) is 18.8 Å². The maximum Gasteiger partial charge on any atom is 0.252 e. The van der Waals surface area contributed by atoms with Crippen molar-refractivity contribution in [1.29, 1.82) is 0 Å². The lowest BCUT2D eigenvalue weighted by Gasteiger charge is -2.26. The van der Waals surface area contributed by atoms with Crippen LogP contribution in [0.1, 0.15) is 24.4 Å². The first-order valence-electron chi connectivity index (χ1n) is 6.13. The molecule has 0 bridgehead atoms. The third-order valence-electron chi connectivity index (χ3n) is 3.18. The van der Waals surface area contributed by atoms with Crippen LogP contribution >= 0.6 is 0 Å². The number of nitrogens with zero attached hydrogens (tertiary/aromatic N) is 2. The number of benzene rings is 1. The number of nitrogens with one attached hydrogen (secondary N) is 1. The van der Waals surface area contributed by atoms with Gasteiger partial charge in [0.05, 0.1) is 6.04 Å². The molecule has 0 amide bonds. The molecule has 1 atom stereocenters. The number of hydrogen-bond donors (Lipinski definition) is 2. The summed E-state index contributed by atoms with van der Waals surface area (Å²) in [6.45, 7) is 3.82. The number of hydrogen-bond acceptors (Lipinski definition) is 4. The number of nitrogen functional groups attached to an aromatic ring is 1. The minimum Gasteiger partial charge on any atom is -0.399 e. The fourth-order valence-electron chi connectivity index (χ4n) is 1.99. The molecule has 5 nitrogen and oxygen atoms in total. The predicted molar refractivity (Wildman–Crippen MR) is 77.3 cm³/mol. The first kappa shape index (κ1) is 13.1. The van der Waals surface area contributed by atoms with E-state index >= 15 is 0 Å². The largest absolute Gasteiger partial charge is 0.399 e. The maximum absolute atomic E-state index is 11.5. The Labute approximate surface area is 112 Å². The normalized spacial score (nSPS) is 12.2. The first-order valence-corrected chi connectivity index (χ1v) is 6.13. The van der Waals surface area contributed by atoms with Crippen LogP contribution in [0, 0.1) is 6.92 Å². The van der Waals surface area contributed by atoms with E-state index in [2.05, 4.69) is 9.97 Å². The zero-order chi connectivity index (χ0) is 14.0. The third-order valence-corrected chi connectivity index (χ3v) is 3.18. The van der Waals surface area contributed by atoms with E-state index in [0.717, 1.165) is 11.3 Å². The molecule has 1 heterocycles. The van der Waals surface area contributed by atoms with Crippen molar-refractivity contribution in [3.05, 3.63) is 52.1 Å². The average molecular weight is 258 g/mol. The molecule has 0 saturated carbocycles. The zero-order valence-electron chi connectivity index (χ0n) is 11.3. The molecule has 0 fully saturated rings. The van der Waals surface area contributed by atoms with E-state index in [1.54, 1.807) is 6.92 Å². The number of anilines is 2. The second kappa shape index (κ2) is 5.14. The molecule has 3 N–H and O–H groups in total. The van der Waals surface area contributed by atoms with Crippen LogP contribution in [0.15, 0.2) is 35.1 Å². The average Bonchev–Trinajstić information content (AvgIpc) is 2.36. The number of aromatic amines is 1. The summed E-state index contributed by atoms with van der Waals surface area (Å²) >= 11 is 0. The van der Waals surface area contributed by atoms with Crippen molar-refractivity contribution in [2.24, 2.45) is 0 Å². The minimum absolute atomic E-state index is 0.0807. The van der Waals surface area contributed by atoms with Gasteiger partial charge in [-0.15, -0.1) is 0 Å². The summed E-state index contributed by atoms with van der Waals surface area (Å²) in [5, 5.41) is 0. The molecule has 0 radical (unpaired) electrons. The third kappa shape index (κ3) is 2.93. The van der Waals surface area contributed by atoms with E-state index in [0.29, 0.717) is 11.6 Å². The monoisotopic (exact) mass is 258 g/mol. The molecule has 0 aliphatic heterocycles. The van der Waals surface area contributed by atoms with Crippen LogP contribution in [0.2, 0.25) is 0 Å². The molecule has 1 unspecified atom stereocenters. The molecule has 0 spiro atoms. The summed E-state index contributed by atoms with van der Waals surface area (Å²) in [7, 11) is 1.91. The van der Waals surface area contributed by atoms with E-state index in [9.17, 15) is 4.79 Å². The number of H-pyrrole nitrogens is 1. The second-order valence-electron chi connectivity index (χ2n) is 4.65. The van der Waals surface area contributed by atoms with E-state index in [1.807, 2.05) is 43.1 Å². The van der Waals surface area contributed by atoms with Crippen LogP contribution in [-0.2, 0) is 0 Å². The molecule has 0 aliphatic carbocycles. The molecule has 2 rings (SSSR count). The topological polar surface area (TPSA) is 75.0 Å². The van der Waals surface area contributed by atoms with Crippen LogP contribution in [-0.4, -0.2) is 17.0 Å². The van der Waals surface area contributed by atoms with Gasteiger partial charge in [-0.25, -0.2) is 4.98 Å². The van der Waals surface area contributed by atoms with Crippen LogP contribution in [0.5, 0.6) is 0 Å². The van der Waals surface area contributed by atoms with Gasteiger partial charge in [0.1, 0.15) is 11.6 Å². The standard InChI is InChI=1S/C14H18N4O/c1-9(11-5-4-6-12(15)7-11)18(3)13-8-14(19)17-10(2)16-13/h4-9H,15H2,1-3H3,(H,16,17,19). The Hall–Kier alpha value is -2.30. The van der Waals surface area contributed by atoms with Gasteiger partial charge in [-0.05, 0) is 31.5 Å². The number of aryl methyl sites for hydroxylation is 1. The lowest BCUT2D eigenvalue weighted by Crippen LogP contribution is -2.25. The van der Waals surface area contributed by atoms with Gasteiger partial charge in [0.25, 0.3) is 5.56 Å². The Morgan fingerprint density at radius 3 is 2.74 bits per heavy atom.